The average molecular weight is 284 g/mol. The molecule has 0 saturated heterocycles. The van der Waals surface area contributed by atoms with E-state index in [0.29, 0.717) is 0 Å². The number of rotatable bonds is 3. The average Bonchev–Trinajstić information content (AvgIpc) is 3.08. The molecular weight excluding hydrogens is 270 g/mol. The fourth-order valence-electron chi connectivity index (χ4n) is 1.69. The molecule has 2 aliphatic rings. The highest BCUT2D eigenvalue weighted by Crippen LogP contribution is 2.46. The molecule has 0 atom stereocenters. The quantitative estimate of drug-likeness (QED) is 0.916. The van der Waals surface area contributed by atoms with Gasteiger partial charge in [0.2, 0.25) is 0 Å². The number of hydrogen-bond acceptors (Lipinski definition) is 2. The van der Waals surface area contributed by atoms with Crippen molar-refractivity contribution in [2.45, 2.75) is 41.4 Å². The first-order valence-corrected chi connectivity index (χ1v) is 7.10. The molecule has 2 N–H and O–H groups in total. The maximum Gasteiger partial charge on any atom is 0.0411 e. The van der Waals surface area contributed by atoms with Crippen LogP contribution in [0.3, 0.4) is 0 Å². The smallest absolute Gasteiger partial charge is 0.0411 e. The second kappa shape index (κ2) is 3.51. The molecule has 3 heteroatoms. The van der Waals surface area contributed by atoms with Crippen LogP contribution in [0.4, 0.5) is 0 Å². The van der Waals surface area contributed by atoms with Crippen LogP contribution in [0, 0.1) is 0 Å². The van der Waals surface area contributed by atoms with Crippen molar-refractivity contribution in [1.82, 2.24) is 0 Å². The number of halogens is 1. The summed E-state index contributed by atoms with van der Waals surface area (Å²) in [6.07, 6.45) is 5.02. The Hall–Kier alpha value is 0.01000. The third kappa shape index (κ3) is 2.10. The van der Waals surface area contributed by atoms with E-state index >= 15 is 0 Å². The first kappa shape index (κ1) is 10.2. The SMILES string of the molecule is NC1(c2ccc(SC3CC3)c(Br)c2)CC1. The molecule has 0 aliphatic heterocycles. The second-order valence-corrected chi connectivity index (χ2v) is 6.82. The largest absolute Gasteiger partial charge is 0.321 e. The van der Waals surface area contributed by atoms with Crippen LogP contribution in [0.5, 0.6) is 0 Å². The molecule has 1 aromatic carbocycles. The molecule has 0 heterocycles. The fourth-order valence-corrected chi connectivity index (χ4v) is 3.40. The molecule has 3 rings (SSSR count). The van der Waals surface area contributed by atoms with Crippen LogP contribution in [0.2, 0.25) is 0 Å². The first-order chi connectivity index (χ1) is 7.17. The van der Waals surface area contributed by atoms with E-state index in [-0.39, 0.29) is 5.54 Å². The normalized spacial score (nSPS) is 22.8. The van der Waals surface area contributed by atoms with E-state index in [1.54, 1.807) is 0 Å². The summed E-state index contributed by atoms with van der Waals surface area (Å²) in [4.78, 5) is 1.37. The highest BCUT2D eigenvalue weighted by Gasteiger charge is 2.40. The summed E-state index contributed by atoms with van der Waals surface area (Å²) in [5.41, 5.74) is 7.45. The molecule has 0 unspecified atom stereocenters. The molecule has 0 spiro atoms. The summed E-state index contributed by atoms with van der Waals surface area (Å²) in [6, 6.07) is 6.62. The van der Waals surface area contributed by atoms with E-state index in [0.717, 1.165) is 18.1 Å². The standard InChI is InChI=1S/C12H14BrNS/c13-10-7-8(12(14)5-6-12)1-4-11(10)15-9-2-3-9/h1,4,7,9H,2-3,5-6,14H2. The fraction of sp³-hybridized carbons (Fsp3) is 0.500. The van der Waals surface area contributed by atoms with Gasteiger partial charge in [0.1, 0.15) is 0 Å². The van der Waals surface area contributed by atoms with Crippen molar-refractivity contribution in [3.05, 3.63) is 28.2 Å². The van der Waals surface area contributed by atoms with Crippen molar-refractivity contribution in [3.63, 3.8) is 0 Å². The van der Waals surface area contributed by atoms with Crippen LogP contribution < -0.4 is 5.73 Å². The minimum absolute atomic E-state index is 0.00863. The van der Waals surface area contributed by atoms with Gasteiger partial charge in [-0.2, -0.15) is 0 Å². The van der Waals surface area contributed by atoms with Gasteiger partial charge in [-0.3, -0.25) is 0 Å². The van der Waals surface area contributed by atoms with Gasteiger partial charge in [0.25, 0.3) is 0 Å². The lowest BCUT2D eigenvalue weighted by Crippen LogP contribution is -2.18. The molecule has 0 aromatic heterocycles. The maximum atomic E-state index is 6.17. The molecule has 15 heavy (non-hydrogen) atoms. The summed E-state index contributed by atoms with van der Waals surface area (Å²) in [5.74, 6) is 0. The highest BCUT2D eigenvalue weighted by molar-refractivity contribution is 9.10. The van der Waals surface area contributed by atoms with Crippen LogP contribution in [-0.2, 0) is 5.54 Å². The summed E-state index contributed by atoms with van der Waals surface area (Å²) in [7, 11) is 0. The zero-order valence-electron chi connectivity index (χ0n) is 8.50. The Balaban J connectivity index is 1.85. The Kier molecular flexibility index (Phi) is 2.38. The molecule has 0 amide bonds. The lowest BCUT2D eigenvalue weighted by molar-refractivity contribution is 0.738. The van der Waals surface area contributed by atoms with Crippen molar-refractivity contribution < 1.29 is 0 Å². The Morgan fingerprint density at radius 1 is 1.33 bits per heavy atom. The summed E-state index contributed by atoms with van der Waals surface area (Å²) < 4.78 is 1.22. The zero-order valence-corrected chi connectivity index (χ0v) is 10.9. The van der Waals surface area contributed by atoms with Gasteiger partial charge in [-0.1, -0.05) is 6.07 Å². The Morgan fingerprint density at radius 3 is 2.60 bits per heavy atom. The molecule has 2 fully saturated rings. The number of benzene rings is 1. The van der Waals surface area contributed by atoms with Gasteiger partial charge in [0, 0.05) is 20.2 Å². The molecule has 1 aromatic rings. The molecule has 1 nitrogen and oxygen atoms in total. The van der Waals surface area contributed by atoms with Crippen molar-refractivity contribution in [2.24, 2.45) is 5.73 Å². The van der Waals surface area contributed by atoms with Crippen LogP contribution in [-0.4, -0.2) is 5.25 Å². The molecule has 2 saturated carbocycles. The van der Waals surface area contributed by atoms with Crippen LogP contribution in [0.25, 0.3) is 0 Å². The second-order valence-electron chi connectivity index (χ2n) is 4.62. The first-order valence-electron chi connectivity index (χ1n) is 5.43. The van der Waals surface area contributed by atoms with Crippen LogP contribution in [0.1, 0.15) is 31.2 Å². The van der Waals surface area contributed by atoms with Gasteiger partial charge < -0.3 is 5.73 Å². The number of hydrogen-bond donors (Lipinski definition) is 1. The third-order valence-corrected chi connectivity index (χ3v) is 5.45. The van der Waals surface area contributed by atoms with Crippen molar-refractivity contribution >= 4 is 27.7 Å². The molecule has 0 bridgehead atoms. The topological polar surface area (TPSA) is 26.0 Å². The molecular formula is C12H14BrNS. The van der Waals surface area contributed by atoms with Gasteiger partial charge in [0.15, 0.2) is 0 Å². The van der Waals surface area contributed by atoms with Gasteiger partial charge >= 0.3 is 0 Å². The van der Waals surface area contributed by atoms with E-state index in [9.17, 15) is 0 Å². The van der Waals surface area contributed by atoms with Gasteiger partial charge in [-0.25, -0.2) is 0 Å². The monoisotopic (exact) mass is 283 g/mol. The van der Waals surface area contributed by atoms with Gasteiger partial charge in [0.05, 0.1) is 0 Å². The minimum atomic E-state index is -0.00863. The highest BCUT2D eigenvalue weighted by atomic mass is 79.9. The van der Waals surface area contributed by atoms with E-state index < -0.39 is 0 Å². The Morgan fingerprint density at radius 2 is 2.07 bits per heavy atom. The van der Waals surface area contributed by atoms with Crippen molar-refractivity contribution in [2.75, 3.05) is 0 Å². The summed E-state index contributed by atoms with van der Waals surface area (Å²) in [5, 5.41) is 0.861. The maximum absolute atomic E-state index is 6.17. The van der Waals surface area contributed by atoms with Crippen molar-refractivity contribution in [1.29, 1.82) is 0 Å². The van der Waals surface area contributed by atoms with Crippen molar-refractivity contribution in [3.8, 4) is 0 Å². The minimum Gasteiger partial charge on any atom is -0.321 e. The van der Waals surface area contributed by atoms with E-state index in [1.165, 1.54) is 27.8 Å². The number of nitrogens with two attached hydrogens (primary N) is 1. The van der Waals surface area contributed by atoms with Gasteiger partial charge in [-0.05, 0) is 59.3 Å². The molecule has 0 radical (unpaired) electrons. The number of thioether (sulfide) groups is 1. The van der Waals surface area contributed by atoms with Gasteiger partial charge in [-0.15, -0.1) is 11.8 Å². The predicted molar refractivity (Wildman–Crippen MR) is 68.1 cm³/mol. The van der Waals surface area contributed by atoms with Crippen LogP contribution >= 0.6 is 27.7 Å². The third-order valence-electron chi connectivity index (χ3n) is 3.11. The van der Waals surface area contributed by atoms with E-state index in [2.05, 4.69) is 34.1 Å². The lowest BCUT2D eigenvalue weighted by Gasteiger charge is -2.11. The summed E-state index contributed by atoms with van der Waals surface area (Å²) in [6.45, 7) is 0. The predicted octanol–water partition coefficient (Wildman–Crippen LogP) is 3.65. The Labute approximate surface area is 103 Å². The van der Waals surface area contributed by atoms with E-state index in [1.807, 2.05) is 11.8 Å². The molecule has 2 aliphatic carbocycles. The lowest BCUT2D eigenvalue weighted by atomic mass is 10.1. The van der Waals surface area contributed by atoms with Crippen LogP contribution in [0.15, 0.2) is 27.6 Å². The summed E-state index contributed by atoms with van der Waals surface area (Å²) >= 11 is 5.64. The molecule has 80 valence electrons. The van der Waals surface area contributed by atoms with E-state index in [4.69, 9.17) is 5.73 Å². The Bertz CT molecular complexity index is 397. The zero-order chi connectivity index (χ0) is 10.5.